The van der Waals surface area contributed by atoms with E-state index in [1.165, 1.54) is 23.8 Å². The van der Waals surface area contributed by atoms with Crippen LogP contribution in [-0.2, 0) is 17.7 Å². The third-order valence-electron chi connectivity index (χ3n) is 4.84. The Morgan fingerprint density at radius 3 is 2.65 bits per heavy atom. The Bertz CT molecular complexity index is 526. The fourth-order valence-corrected chi connectivity index (χ4v) is 3.49. The number of rotatable bonds is 6. The number of amides is 1. The van der Waals surface area contributed by atoms with Crippen molar-refractivity contribution in [2.24, 2.45) is 0 Å². The Labute approximate surface area is 140 Å². The largest absolute Gasteiger partial charge is 0.453 e. The van der Waals surface area contributed by atoms with Gasteiger partial charge >= 0.3 is 6.09 Å². The van der Waals surface area contributed by atoms with Gasteiger partial charge < -0.3 is 9.64 Å². The summed E-state index contributed by atoms with van der Waals surface area (Å²) in [6.07, 6.45) is 2.74. The van der Waals surface area contributed by atoms with Crippen molar-refractivity contribution in [2.45, 2.75) is 52.6 Å². The molecule has 1 unspecified atom stereocenters. The zero-order valence-corrected chi connectivity index (χ0v) is 15.0. The third-order valence-corrected chi connectivity index (χ3v) is 4.84. The van der Waals surface area contributed by atoms with E-state index in [-0.39, 0.29) is 12.1 Å². The van der Waals surface area contributed by atoms with Crippen molar-refractivity contribution in [1.82, 2.24) is 9.80 Å². The van der Waals surface area contributed by atoms with E-state index in [4.69, 9.17) is 4.74 Å². The normalized spacial score (nSPS) is 17.3. The number of methoxy groups -OCH3 is 1. The molecule has 4 heteroatoms. The maximum absolute atomic E-state index is 12.0. The van der Waals surface area contributed by atoms with E-state index >= 15 is 0 Å². The molecule has 0 fully saturated rings. The molecule has 0 aromatic heterocycles. The molecule has 1 aromatic carbocycles. The second-order valence-electron chi connectivity index (χ2n) is 6.21. The van der Waals surface area contributed by atoms with E-state index in [1.54, 1.807) is 0 Å². The standard InChI is InChI=1S/C19H30N2O2/c1-5-8-18-17-10-9-15(14-20(6-2)7-3)13-16(17)11-12-21(18)19(22)23-4/h9-10,13,18H,5-8,11-12,14H2,1-4H3. The summed E-state index contributed by atoms with van der Waals surface area (Å²) in [6.45, 7) is 10.5. The summed E-state index contributed by atoms with van der Waals surface area (Å²) in [5.41, 5.74) is 4.06. The van der Waals surface area contributed by atoms with Gasteiger partial charge in [-0.05, 0) is 42.6 Å². The van der Waals surface area contributed by atoms with Crippen molar-refractivity contribution >= 4 is 6.09 Å². The van der Waals surface area contributed by atoms with Crippen molar-refractivity contribution in [3.63, 3.8) is 0 Å². The molecule has 1 heterocycles. The first kappa shape index (κ1) is 17.8. The smallest absolute Gasteiger partial charge is 0.410 e. The zero-order chi connectivity index (χ0) is 16.8. The maximum Gasteiger partial charge on any atom is 0.410 e. The van der Waals surface area contributed by atoms with Crippen molar-refractivity contribution in [1.29, 1.82) is 0 Å². The predicted molar refractivity (Wildman–Crippen MR) is 93.5 cm³/mol. The van der Waals surface area contributed by atoms with Crippen molar-refractivity contribution < 1.29 is 9.53 Å². The van der Waals surface area contributed by atoms with E-state index in [2.05, 4.69) is 43.9 Å². The molecule has 0 saturated carbocycles. The Hall–Kier alpha value is -1.55. The second-order valence-corrected chi connectivity index (χ2v) is 6.21. The van der Waals surface area contributed by atoms with E-state index in [0.29, 0.717) is 0 Å². The van der Waals surface area contributed by atoms with Crippen LogP contribution in [0.4, 0.5) is 4.79 Å². The lowest BCUT2D eigenvalue weighted by molar-refractivity contribution is 0.0981. The van der Waals surface area contributed by atoms with Gasteiger partial charge in [-0.3, -0.25) is 4.90 Å². The highest BCUT2D eigenvalue weighted by atomic mass is 16.5. The highest BCUT2D eigenvalue weighted by Crippen LogP contribution is 2.34. The summed E-state index contributed by atoms with van der Waals surface area (Å²) in [5.74, 6) is 0. The van der Waals surface area contributed by atoms with Gasteiger partial charge in [-0.2, -0.15) is 0 Å². The minimum absolute atomic E-state index is 0.152. The zero-order valence-electron chi connectivity index (χ0n) is 15.0. The molecule has 0 bridgehead atoms. The SMILES string of the molecule is CCCC1c2ccc(CN(CC)CC)cc2CCN1C(=O)OC. The van der Waals surface area contributed by atoms with Crippen molar-refractivity contribution in [3.05, 3.63) is 34.9 Å². The Morgan fingerprint density at radius 2 is 2.04 bits per heavy atom. The minimum atomic E-state index is -0.207. The summed E-state index contributed by atoms with van der Waals surface area (Å²) >= 11 is 0. The van der Waals surface area contributed by atoms with E-state index in [9.17, 15) is 4.79 Å². The van der Waals surface area contributed by atoms with Gasteiger partial charge in [0.15, 0.2) is 0 Å². The summed E-state index contributed by atoms with van der Waals surface area (Å²) in [7, 11) is 1.47. The monoisotopic (exact) mass is 318 g/mol. The number of hydrogen-bond acceptors (Lipinski definition) is 3. The molecular weight excluding hydrogens is 288 g/mol. The third kappa shape index (κ3) is 4.05. The lowest BCUT2D eigenvalue weighted by Crippen LogP contribution is -2.40. The Balaban J connectivity index is 2.25. The molecule has 4 nitrogen and oxygen atoms in total. The molecule has 2 rings (SSSR count). The average molecular weight is 318 g/mol. The van der Waals surface area contributed by atoms with E-state index in [1.807, 2.05) is 4.90 Å². The molecule has 1 amide bonds. The highest BCUT2D eigenvalue weighted by molar-refractivity contribution is 5.69. The van der Waals surface area contributed by atoms with E-state index in [0.717, 1.165) is 45.4 Å². The predicted octanol–water partition coefficient (Wildman–Crippen LogP) is 3.99. The van der Waals surface area contributed by atoms with Crippen LogP contribution in [0, 0.1) is 0 Å². The van der Waals surface area contributed by atoms with Gasteiger partial charge in [0.1, 0.15) is 0 Å². The molecule has 128 valence electrons. The lowest BCUT2D eigenvalue weighted by Gasteiger charge is -2.36. The van der Waals surface area contributed by atoms with Crippen LogP contribution in [0.15, 0.2) is 18.2 Å². The van der Waals surface area contributed by atoms with Crippen LogP contribution in [0.3, 0.4) is 0 Å². The number of carbonyl (C=O) groups is 1. The molecule has 1 aromatic rings. The quantitative estimate of drug-likeness (QED) is 0.795. The number of hydrogen-bond donors (Lipinski definition) is 0. The van der Waals surface area contributed by atoms with Gasteiger partial charge in [-0.1, -0.05) is 45.4 Å². The van der Waals surface area contributed by atoms with Crippen LogP contribution >= 0.6 is 0 Å². The van der Waals surface area contributed by atoms with Crippen LogP contribution < -0.4 is 0 Å². The average Bonchev–Trinajstić information content (AvgIpc) is 2.59. The van der Waals surface area contributed by atoms with Crippen LogP contribution in [0.25, 0.3) is 0 Å². The fourth-order valence-electron chi connectivity index (χ4n) is 3.49. The van der Waals surface area contributed by atoms with Gasteiger partial charge in [0.25, 0.3) is 0 Å². The van der Waals surface area contributed by atoms with Crippen LogP contribution in [0.5, 0.6) is 0 Å². The molecule has 0 radical (unpaired) electrons. The summed E-state index contributed by atoms with van der Waals surface area (Å²) < 4.78 is 4.97. The number of carbonyl (C=O) groups excluding carboxylic acids is 1. The van der Waals surface area contributed by atoms with Gasteiger partial charge in [-0.15, -0.1) is 0 Å². The molecular formula is C19H30N2O2. The van der Waals surface area contributed by atoms with Gasteiger partial charge in [0, 0.05) is 13.1 Å². The van der Waals surface area contributed by atoms with Crippen molar-refractivity contribution in [2.75, 3.05) is 26.7 Å². The highest BCUT2D eigenvalue weighted by Gasteiger charge is 2.30. The van der Waals surface area contributed by atoms with E-state index < -0.39 is 0 Å². The molecule has 0 aliphatic carbocycles. The maximum atomic E-state index is 12.0. The number of ether oxygens (including phenoxy) is 1. The van der Waals surface area contributed by atoms with Gasteiger partial charge in [0.2, 0.25) is 0 Å². The molecule has 1 atom stereocenters. The second kappa shape index (κ2) is 8.34. The Morgan fingerprint density at radius 1 is 1.30 bits per heavy atom. The van der Waals surface area contributed by atoms with Crippen LogP contribution in [0.2, 0.25) is 0 Å². The molecule has 0 saturated heterocycles. The number of fused-ring (bicyclic) bond motifs is 1. The van der Waals surface area contributed by atoms with Crippen LogP contribution in [0.1, 0.15) is 56.3 Å². The summed E-state index contributed by atoms with van der Waals surface area (Å²) in [4.78, 5) is 16.4. The minimum Gasteiger partial charge on any atom is -0.453 e. The first-order chi connectivity index (χ1) is 11.1. The molecule has 23 heavy (non-hydrogen) atoms. The fraction of sp³-hybridized carbons (Fsp3) is 0.632. The Kier molecular flexibility index (Phi) is 6.46. The first-order valence-electron chi connectivity index (χ1n) is 8.83. The number of nitrogens with zero attached hydrogens (tertiary/aromatic N) is 2. The molecule has 1 aliphatic rings. The van der Waals surface area contributed by atoms with Crippen LogP contribution in [-0.4, -0.2) is 42.6 Å². The molecule has 0 N–H and O–H groups in total. The van der Waals surface area contributed by atoms with Gasteiger partial charge in [0.05, 0.1) is 13.2 Å². The topological polar surface area (TPSA) is 32.8 Å². The molecule has 0 spiro atoms. The molecule has 1 aliphatic heterocycles. The first-order valence-corrected chi connectivity index (χ1v) is 8.83. The lowest BCUT2D eigenvalue weighted by atomic mass is 9.89. The summed E-state index contributed by atoms with van der Waals surface area (Å²) in [5, 5.41) is 0. The summed E-state index contributed by atoms with van der Waals surface area (Å²) in [6, 6.07) is 6.94. The van der Waals surface area contributed by atoms with Gasteiger partial charge in [-0.25, -0.2) is 4.79 Å². The van der Waals surface area contributed by atoms with Crippen molar-refractivity contribution in [3.8, 4) is 0 Å². The number of benzene rings is 1.